The maximum Gasteiger partial charge on any atom is 0.320 e. The Bertz CT molecular complexity index is 1020. The molecule has 1 saturated carbocycles. The van der Waals surface area contributed by atoms with Gasteiger partial charge in [0.05, 0.1) is 5.69 Å². The number of aromatic nitrogens is 1. The van der Waals surface area contributed by atoms with E-state index in [0.717, 1.165) is 18.9 Å². The van der Waals surface area contributed by atoms with Crippen molar-refractivity contribution in [2.75, 3.05) is 7.05 Å². The van der Waals surface area contributed by atoms with Crippen molar-refractivity contribution in [3.05, 3.63) is 65.2 Å². The average molecular weight is 410 g/mol. The highest BCUT2D eigenvalue weighted by Gasteiger charge is 2.26. The SMILES string of the molecule is CNC(=O)NC(=Nc1ccccc1)C(C)=C(N)c1cnc(C(=O)NC2CC2)c(F)c1. The second-order valence-corrected chi connectivity index (χ2v) is 6.84. The van der Waals surface area contributed by atoms with Crippen LogP contribution in [0.25, 0.3) is 5.70 Å². The molecule has 30 heavy (non-hydrogen) atoms. The number of urea groups is 1. The number of hydrogen-bond donors (Lipinski definition) is 4. The van der Waals surface area contributed by atoms with E-state index in [1.807, 2.05) is 18.2 Å². The molecule has 0 saturated heterocycles. The molecule has 0 atom stereocenters. The summed E-state index contributed by atoms with van der Waals surface area (Å²) in [6, 6.07) is 9.76. The molecule has 1 aliphatic carbocycles. The van der Waals surface area contributed by atoms with Gasteiger partial charge in [-0.15, -0.1) is 0 Å². The molecular formula is C21H23FN6O2. The Morgan fingerprint density at radius 1 is 1.23 bits per heavy atom. The van der Waals surface area contributed by atoms with Crippen molar-refractivity contribution in [1.29, 1.82) is 0 Å². The zero-order chi connectivity index (χ0) is 21.7. The average Bonchev–Trinajstić information content (AvgIpc) is 3.56. The number of para-hydroxylation sites is 1. The van der Waals surface area contributed by atoms with Crippen LogP contribution in [-0.2, 0) is 0 Å². The molecule has 1 aromatic heterocycles. The highest BCUT2D eigenvalue weighted by Crippen LogP contribution is 2.21. The normalized spacial score (nSPS) is 14.6. The molecular weight excluding hydrogens is 387 g/mol. The molecule has 0 unspecified atom stereocenters. The number of nitrogens with two attached hydrogens (primary N) is 1. The third-order valence-electron chi connectivity index (χ3n) is 4.50. The first-order chi connectivity index (χ1) is 14.4. The van der Waals surface area contributed by atoms with Crippen molar-refractivity contribution < 1.29 is 14.0 Å². The van der Waals surface area contributed by atoms with Gasteiger partial charge in [-0.2, -0.15) is 0 Å². The van der Waals surface area contributed by atoms with Crippen molar-refractivity contribution in [2.24, 2.45) is 10.7 Å². The van der Waals surface area contributed by atoms with E-state index in [-0.39, 0.29) is 28.8 Å². The third-order valence-corrected chi connectivity index (χ3v) is 4.50. The lowest BCUT2D eigenvalue weighted by atomic mass is 10.1. The van der Waals surface area contributed by atoms with E-state index in [0.29, 0.717) is 11.3 Å². The lowest BCUT2D eigenvalue weighted by molar-refractivity contribution is 0.0941. The monoisotopic (exact) mass is 410 g/mol. The van der Waals surface area contributed by atoms with Crippen molar-refractivity contribution in [3.8, 4) is 0 Å². The van der Waals surface area contributed by atoms with Crippen molar-refractivity contribution in [1.82, 2.24) is 20.9 Å². The van der Waals surface area contributed by atoms with Crippen LogP contribution in [0.5, 0.6) is 0 Å². The number of halogens is 1. The van der Waals surface area contributed by atoms with Gasteiger partial charge >= 0.3 is 6.03 Å². The molecule has 8 nitrogen and oxygen atoms in total. The second-order valence-electron chi connectivity index (χ2n) is 6.84. The lowest BCUT2D eigenvalue weighted by Gasteiger charge is -2.13. The van der Waals surface area contributed by atoms with Gasteiger partial charge in [-0.3, -0.25) is 10.1 Å². The summed E-state index contributed by atoms with van der Waals surface area (Å²) >= 11 is 0. The van der Waals surface area contributed by atoms with Crippen LogP contribution in [0, 0.1) is 5.82 Å². The molecule has 5 N–H and O–H groups in total. The van der Waals surface area contributed by atoms with E-state index in [1.54, 1.807) is 19.1 Å². The fourth-order valence-corrected chi connectivity index (χ4v) is 2.59. The second kappa shape index (κ2) is 9.17. The number of carbonyl (C=O) groups is 2. The molecule has 0 radical (unpaired) electrons. The molecule has 3 amide bonds. The summed E-state index contributed by atoms with van der Waals surface area (Å²) in [5.41, 5.74) is 7.39. The number of amides is 3. The van der Waals surface area contributed by atoms with E-state index in [2.05, 4.69) is 25.9 Å². The Morgan fingerprint density at radius 2 is 1.93 bits per heavy atom. The zero-order valence-corrected chi connectivity index (χ0v) is 16.7. The molecule has 1 heterocycles. The smallest absolute Gasteiger partial charge is 0.320 e. The first-order valence-electron chi connectivity index (χ1n) is 9.45. The van der Waals surface area contributed by atoms with Crippen LogP contribution in [0.1, 0.15) is 35.8 Å². The van der Waals surface area contributed by atoms with Gasteiger partial charge in [-0.1, -0.05) is 18.2 Å². The first-order valence-corrected chi connectivity index (χ1v) is 9.45. The van der Waals surface area contributed by atoms with Gasteiger partial charge in [0, 0.05) is 36.1 Å². The maximum absolute atomic E-state index is 14.5. The quantitative estimate of drug-likeness (QED) is 0.447. The van der Waals surface area contributed by atoms with Gasteiger partial charge in [-0.05, 0) is 38.0 Å². The molecule has 3 rings (SSSR count). The number of benzene rings is 1. The fourth-order valence-electron chi connectivity index (χ4n) is 2.59. The van der Waals surface area contributed by atoms with Crippen LogP contribution in [0.3, 0.4) is 0 Å². The van der Waals surface area contributed by atoms with E-state index in [4.69, 9.17) is 5.73 Å². The number of rotatable bonds is 5. The lowest BCUT2D eigenvalue weighted by Crippen LogP contribution is -2.38. The minimum atomic E-state index is -0.776. The van der Waals surface area contributed by atoms with Crippen LogP contribution < -0.4 is 21.7 Å². The van der Waals surface area contributed by atoms with E-state index < -0.39 is 17.8 Å². The van der Waals surface area contributed by atoms with Crippen LogP contribution in [-0.4, -0.2) is 35.8 Å². The molecule has 0 spiro atoms. The third kappa shape index (κ3) is 5.19. The minimum Gasteiger partial charge on any atom is -0.398 e. The van der Waals surface area contributed by atoms with Crippen LogP contribution >= 0.6 is 0 Å². The standard InChI is InChI=1S/C21H23FN6O2/c1-12(19(28-21(30)24-2)26-14-6-4-3-5-7-14)17(23)13-10-16(22)18(25-11-13)20(29)27-15-8-9-15/h3-7,10-11,15H,8-9,23H2,1-2H3,(H,27,29)(H2,24,26,28,30). The number of hydrogen-bond acceptors (Lipinski definition) is 5. The predicted molar refractivity (Wildman–Crippen MR) is 113 cm³/mol. The Morgan fingerprint density at radius 3 is 2.53 bits per heavy atom. The van der Waals surface area contributed by atoms with Crippen LogP contribution in [0.15, 0.2) is 53.2 Å². The molecule has 0 bridgehead atoms. The molecule has 1 aromatic carbocycles. The molecule has 156 valence electrons. The number of carbonyl (C=O) groups excluding carboxylic acids is 2. The Labute approximate surface area is 173 Å². The van der Waals surface area contributed by atoms with E-state index in [1.165, 1.54) is 13.2 Å². The van der Waals surface area contributed by atoms with E-state index in [9.17, 15) is 14.0 Å². The Balaban J connectivity index is 1.93. The first kappa shape index (κ1) is 21.0. The molecule has 1 fully saturated rings. The molecule has 2 aromatic rings. The van der Waals surface area contributed by atoms with Crippen LogP contribution in [0.4, 0.5) is 14.9 Å². The number of aliphatic imine (C=N–C) groups is 1. The van der Waals surface area contributed by atoms with Crippen molar-refractivity contribution in [2.45, 2.75) is 25.8 Å². The summed E-state index contributed by atoms with van der Waals surface area (Å²) in [6.07, 6.45) is 3.11. The van der Waals surface area contributed by atoms with Gasteiger partial charge in [0.1, 0.15) is 5.84 Å². The van der Waals surface area contributed by atoms with Gasteiger partial charge in [0.2, 0.25) is 0 Å². The fraction of sp³-hybridized carbons (Fsp3) is 0.238. The largest absolute Gasteiger partial charge is 0.398 e. The summed E-state index contributed by atoms with van der Waals surface area (Å²) in [7, 11) is 1.47. The highest BCUT2D eigenvalue weighted by atomic mass is 19.1. The topological polar surface area (TPSA) is 122 Å². The number of amidine groups is 1. The summed E-state index contributed by atoms with van der Waals surface area (Å²) in [5.74, 6) is -1.12. The highest BCUT2D eigenvalue weighted by molar-refractivity contribution is 6.11. The van der Waals surface area contributed by atoms with Gasteiger partial charge in [0.25, 0.3) is 5.91 Å². The van der Waals surface area contributed by atoms with Crippen molar-refractivity contribution in [3.63, 3.8) is 0 Å². The van der Waals surface area contributed by atoms with Gasteiger partial charge in [0.15, 0.2) is 11.5 Å². The molecule has 1 aliphatic rings. The molecule has 9 heteroatoms. The van der Waals surface area contributed by atoms with E-state index >= 15 is 0 Å². The number of nitrogens with one attached hydrogen (secondary N) is 3. The van der Waals surface area contributed by atoms with Gasteiger partial charge in [-0.25, -0.2) is 19.2 Å². The Kier molecular flexibility index (Phi) is 6.41. The predicted octanol–water partition coefficient (Wildman–Crippen LogP) is 2.46. The summed E-state index contributed by atoms with van der Waals surface area (Å²) in [5, 5.41) is 7.77. The zero-order valence-electron chi connectivity index (χ0n) is 16.7. The summed E-state index contributed by atoms with van der Waals surface area (Å²) < 4.78 is 14.5. The number of nitrogens with zero attached hydrogens (tertiary/aromatic N) is 2. The summed E-state index contributed by atoms with van der Waals surface area (Å²) in [6.45, 7) is 1.65. The number of pyridine rings is 1. The molecule has 0 aliphatic heterocycles. The van der Waals surface area contributed by atoms with Crippen LogP contribution in [0.2, 0.25) is 0 Å². The van der Waals surface area contributed by atoms with Crippen molar-refractivity contribution >= 4 is 29.2 Å². The van der Waals surface area contributed by atoms with Gasteiger partial charge < -0.3 is 16.4 Å². The maximum atomic E-state index is 14.5. The Hall–Kier alpha value is -3.75. The summed E-state index contributed by atoms with van der Waals surface area (Å²) in [4.78, 5) is 32.3. The minimum absolute atomic E-state index is 0.0955.